The van der Waals surface area contributed by atoms with Gasteiger partial charge in [-0.2, -0.15) is 0 Å². The van der Waals surface area contributed by atoms with Crippen LogP contribution in [0.1, 0.15) is 50.8 Å². The number of ether oxygens (including phenoxy) is 6. The van der Waals surface area contributed by atoms with Gasteiger partial charge in [-0.15, -0.1) is 0 Å². The van der Waals surface area contributed by atoms with E-state index in [0.717, 1.165) is 16.7 Å². The van der Waals surface area contributed by atoms with Crippen LogP contribution in [0.4, 0.5) is 0 Å². The normalized spacial score (nSPS) is 24.3. The molecule has 0 radical (unpaired) electrons. The van der Waals surface area contributed by atoms with Crippen molar-refractivity contribution in [3.05, 3.63) is 108 Å². The maximum Gasteiger partial charge on any atom is 0.302 e. The van der Waals surface area contributed by atoms with Gasteiger partial charge in [0.2, 0.25) is 5.79 Å². The lowest BCUT2D eigenvalue weighted by molar-refractivity contribution is -0.387. The lowest BCUT2D eigenvalue weighted by atomic mass is 9.89. The molecule has 0 aromatic heterocycles. The average molecular weight is 563 g/mol. The molecule has 41 heavy (non-hydrogen) atoms. The molecule has 0 N–H and O–H groups in total. The Hall–Kier alpha value is -3.07. The molecule has 1 saturated heterocycles. The number of hydrogen-bond acceptors (Lipinski definition) is 7. The molecule has 4 rings (SSSR count). The molecule has 0 spiro atoms. The van der Waals surface area contributed by atoms with Gasteiger partial charge in [-0.05, 0) is 37.5 Å². The van der Waals surface area contributed by atoms with E-state index in [0.29, 0.717) is 19.8 Å². The number of hydrogen-bond donors (Lipinski definition) is 0. The molecule has 1 aliphatic rings. The summed E-state index contributed by atoms with van der Waals surface area (Å²) < 4.78 is 38.5. The largest absolute Gasteiger partial charge is 0.466 e. The van der Waals surface area contributed by atoms with Crippen molar-refractivity contribution in [3.63, 3.8) is 0 Å². The van der Waals surface area contributed by atoms with E-state index in [2.05, 4.69) is 0 Å². The van der Waals surface area contributed by atoms with Gasteiger partial charge in [0.1, 0.15) is 18.3 Å². The van der Waals surface area contributed by atoms with Crippen LogP contribution in [0.3, 0.4) is 0 Å². The Morgan fingerprint density at radius 2 is 1.22 bits per heavy atom. The number of carbonyl (C=O) groups is 1. The highest BCUT2D eigenvalue weighted by atomic mass is 16.7. The first kappa shape index (κ1) is 30.9. The summed E-state index contributed by atoms with van der Waals surface area (Å²) in [5.74, 6) is -1.61. The van der Waals surface area contributed by atoms with Gasteiger partial charge in [0.15, 0.2) is 0 Å². The monoisotopic (exact) mass is 562 g/mol. The standard InChI is InChI=1S/C34H42O7/c1-25(2)40-34(20-21-36-27(4)35)33(39-24-30-18-12-7-13-19-30)32(38-23-29-16-10-6-11-17-29)31(26(3)41-34)37-22-28-14-8-5-9-15-28/h5-19,25-26,31-33H,20-24H2,1-4H3/t26-,31+,32+,33-,34+/m0/s1. The van der Waals surface area contributed by atoms with Crippen LogP contribution >= 0.6 is 0 Å². The second kappa shape index (κ2) is 15.2. The molecule has 0 aliphatic carbocycles. The van der Waals surface area contributed by atoms with Gasteiger partial charge < -0.3 is 28.4 Å². The lowest BCUT2D eigenvalue weighted by Crippen LogP contribution is -2.67. The first-order valence-electron chi connectivity index (χ1n) is 14.3. The van der Waals surface area contributed by atoms with Gasteiger partial charge >= 0.3 is 5.97 Å². The molecule has 1 aliphatic heterocycles. The summed E-state index contributed by atoms with van der Waals surface area (Å²) in [4.78, 5) is 11.7. The Labute approximate surface area is 243 Å². The molecule has 7 heteroatoms. The zero-order chi connectivity index (χ0) is 29.1. The zero-order valence-corrected chi connectivity index (χ0v) is 24.4. The summed E-state index contributed by atoms with van der Waals surface area (Å²) in [6.45, 7) is 8.44. The first-order chi connectivity index (χ1) is 19.9. The molecule has 1 heterocycles. The smallest absolute Gasteiger partial charge is 0.302 e. The predicted molar refractivity (Wildman–Crippen MR) is 156 cm³/mol. The molecule has 0 bridgehead atoms. The minimum Gasteiger partial charge on any atom is -0.466 e. The predicted octanol–water partition coefficient (Wildman–Crippen LogP) is 6.24. The maximum absolute atomic E-state index is 11.7. The van der Waals surface area contributed by atoms with E-state index >= 15 is 0 Å². The average Bonchev–Trinajstić information content (AvgIpc) is 2.96. The molecule has 0 unspecified atom stereocenters. The highest BCUT2D eigenvalue weighted by Crippen LogP contribution is 2.40. The van der Waals surface area contributed by atoms with Crippen molar-refractivity contribution in [2.75, 3.05) is 6.61 Å². The van der Waals surface area contributed by atoms with Gasteiger partial charge in [-0.1, -0.05) is 91.0 Å². The van der Waals surface area contributed by atoms with Crippen molar-refractivity contribution in [2.45, 2.75) is 90.2 Å². The second-order valence-electron chi connectivity index (χ2n) is 10.6. The lowest BCUT2D eigenvalue weighted by Gasteiger charge is -2.52. The molecular formula is C34H42O7. The van der Waals surface area contributed by atoms with Crippen molar-refractivity contribution in [1.82, 2.24) is 0 Å². The molecule has 5 atom stereocenters. The fourth-order valence-corrected chi connectivity index (χ4v) is 5.16. The minimum atomic E-state index is -1.24. The van der Waals surface area contributed by atoms with Crippen molar-refractivity contribution in [2.24, 2.45) is 0 Å². The molecule has 7 nitrogen and oxygen atoms in total. The molecule has 0 amide bonds. The molecule has 3 aromatic rings. The summed E-state index contributed by atoms with van der Waals surface area (Å²) >= 11 is 0. The fourth-order valence-electron chi connectivity index (χ4n) is 5.16. The van der Waals surface area contributed by atoms with E-state index in [-0.39, 0.29) is 25.1 Å². The summed E-state index contributed by atoms with van der Waals surface area (Å²) in [5.41, 5.74) is 3.09. The highest BCUT2D eigenvalue weighted by Gasteiger charge is 2.57. The Morgan fingerprint density at radius 1 is 0.756 bits per heavy atom. The second-order valence-corrected chi connectivity index (χ2v) is 10.6. The number of esters is 1. The van der Waals surface area contributed by atoms with Crippen LogP contribution in [0.5, 0.6) is 0 Å². The van der Waals surface area contributed by atoms with Crippen LogP contribution in [0.15, 0.2) is 91.0 Å². The molecule has 220 valence electrons. The van der Waals surface area contributed by atoms with E-state index in [4.69, 9.17) is 28.4 Å². The van der Waals surface area contributed by atoms with Gasteiger partial charge in [0, 0.05) is 13.3 Å². The third-order valence-corrected chi connectivity index (χ3v) is 6.94. The Bertz CT molecular complexity index is 1170. The maximum atomic E-state index is 11.7. The van der Waals surface area contributed by atoms with E-state index in [1.54, 1.807) is 0 Å². The first-order valence-corrected chi connectivity index (χ1v) is 14.3. The van der Waals surface area contributed by atoms with Crippen LogP contribution in [0.2, 0.25) is 0 Å². The van der Waals surface area contributed by atoms with Gasteiger partial charge in [-0.25, -0.2) is 0 Å². The minimum absolute atomic E-state index is 0.112. The van der Waals surface area contributed by atoms with Crippen molar-refractivity contribution in [1.29, 1.82) is 0 Å². The van der Waals surface area contributed by atoms with E-state index < -0.39 is 30.2 Å². The number of rotatable bonds is 14. The third-order valence-electron chi connectivity index (χ3n) is 6.94. The Morgan fingerprint density at radius 3 is 1.68 bits per heavy atom. The summed E-state index contributed by atoms with van der Waals surface area (Å²) in [6.07, 6.45) is -2.04. The number of benzene rings is 3. The molecule has 3 aromatic carbocycles. The third kappa shape index (κ3) is 8.96. The molecule has 0 saturated carbocycles. The summed E-state index contributed by atoms with van der Waals surface area (Å²) in [6, 6.07) is 30.0. The van der Waals surface area contributed by atoms with E-state index in [1.165, 1.54) is 6.92 Å². The summed E-state index contributed by atoms with van der Waals surface area (Å²) in [5, 5.41) is 0. The summed E-state index contributed by atoms with van der Waals surface area (Å²) in [7, 11) is 0. The van der Waals surface area contributed by atoms with Crippen LogP contribution in [-0.4, -0.2) is 48.9 Å². The fraction of sp³-hybridized carbons (Fsp3) is 0.441. The van der Waals surface area contributed by atoms with E-state index in [9.17, 15) is 4.79 Å². The van der Waals surface area contributed by atoms with Crippen molar-refractivity contribution < 1.29 is 33.2 Å². The Kier molecular flexibility index (Phi) is 11.5. The zero-order valence-electron chi connectivity index (χ0n) is 24.4. The van der Waals surface area contributed by atoms with Gasteiger partial charge in [0.05, 0.1) is 38.6 Å². The topological polar surface area (TPSA) is 72.5 Å². The van der Waals surface area contributed by atoms with Crippen LogP contribution in [0.25, 0.3) is 0 Å². The van der Waals surface area contributed by atoms with Crippen LogP contribution in [0, 0.1) is 0 Å². The van der Waals surface area contributed by atoms with E-state index in [1.807, 2.05) is 112 Å². The number of carbonyl (C=O) groups excluding carboxylic acids is 1. The van der Waals surface area contributed by atoms with Crippen molar-refractivity contribution >= 4 is 5.97 Å². The molecular weight excluding hydrogens is 520 g/mol. The van der Waals surface area contributed by atoms with Crippen molar-refractivity contribution in [3.8, 4) is 0 Å². The van der Waals surface area contributed by atoms with Crippen LogP contribution < -0.4 is 0 Å². The highest BCUT2D eigenvalue weighted by molar-refractivity contribution is 5.65. The molecule has 1 fully saturated rings. The van der Waals surface area contributed by atoms with Gasteiger partial charge in [0.25, 0.3) is 0 Å². The quantitative estimate of drug-likeness (QED) is 0.216. The van der Waals surface area contributed by atoms with Crippen LogP contribution in [-0.2, 0) is 53.0 Å². The SMILES string of the molecule is CC(=O)OCC[C@@]1(OC(C)C)O[C@@H](C)[C@@H](OCc2ccccc2)[C@@H](OCc2ccccc2)[C@@H]1OCc1ccccc1. The van der Waals surface area contributed by atoms with Gasteiger partial charge in [-0.3, -0.25) is 4.79 Å². The Balaban J connectivity index is 1.69.